The van der Waals surface area contributed by atoms with E-state index in [0.29, 0.717) is 5.56 Å². The Balaban J connectivity index is 2.43. The van der Waals surface area contributed by atoms with E-state index in [1.54, 1.807) is 4.98 Å². The largest absolute Gasteiger partial charge is 0.325 e. The zero-order valence-corrected chi connectivity index (χ0v) is 11.0. The number of aryl methyl sites for hydroxylation is 1. The number of hydrogen-bond donors (Lipinski definition) is 3. The van der Waals surface area contributed by atoms with Crippen LogP contribution in [-0.2, 0) is 10.0 Å². The molecule has 0 amide bonds. The molecule has 20 heavy (non-hydrogen) atoms. The van der Waals surface area contributed by atoms with Gasteiger partial charge >= 0.3 is 5.69 Å². The van der Waals surface area contributed by atoms with E-state index in [0.717, 1.165) is 12.3 Å². The van der Waals surface area contributed by atoms with Gasteiger partial charge in [-0.25, -0.2) is 17.6 Å². The van der Waals surface area contributed by atoms with E-state index in [4.69, 9.17) is 0 Å². The van der Waals surface area contributed by atoms with Gasteiger partial charge in [-0.05, 0) is 24.6 Å². The number of aromatic nitrogens is 2. The second kappa shape index (κ2) is 4.93. The Hall–Kier alpha value is -2.42. The van der Waals surface area contributed by atoms with Crippen molar-refractivity contribution in [3.63, 3.8) is 0 Å². The van der Waals surface area contributed by atoms with Crippen molar-refractivity contribution in [3.05, 3.63) is 56.6 Å². The highest BCUT2D eigenvalue weighted by Crippen LogP contribution is 2.16. The first-order chi connectivity index (χ1) is 9.29. The third kappa shape index (κ3) is 2.77. The number of hydrogen-bond acceptors (Lipinski definition) is 4. The molecule has 9 heteroatoms. The van der Waals surface area contributed by atoms with Gasteiger partial charge in [0.1, 0.15) is 5.82 Å². The molecule has 0 saturated carbocycles. The molecule has 0 bridgehead atoms. The summed E-state index contributed by atoms with van der Waals surface area (Å²) in [7, 11) is -4.22. The van der Waals surface area contributed by atoms with E-state index in [2.05, 4.69) is 4.72 Å². The number of benzene rings is 1. The fraction of sp³-hybridized carbons (Fsp3) is 0.0909. The van der Waals surface area contributed by atoms with E-state index < -0.39 is 32.0 Å². The third-order valence-corrected chi connectivity index (χ3v) is 3.89. The number of sulfonamides is 1. The monoisotopic (exact) mass is 299 g/mol. The normalized spacial score (nSPS) is 11.3. The van der Waals surface area contributed by atoms with Crippen LogP contribution in [0.1, 0.15) is 5.56 Å². The highest BCUT2D eigenvalue weighted by Gasteiger charge is 2.19. The summed E-state index contributed by atoms with van der Waals surface area (Å²) in [5, 5.41) is 0. The van der Waals surface area contributed by atoms with E-state index in [-0.39, 0.29) is 5.69 Å². The van der Waals surface area contributed by atoms with Gasteiger partial charge in [0.25, 0.3) is 15.6 Å². The maximum atomic E-state index is 13.3. The van der Waals surface area contributed by atoms with Gasteiger partial charge in [0.2, 0.25) is 0 Å². The van der Waals surface area contributed by atoms with Crippen LogP contribution in [0.4, 0.5) is 10.1 Å². The molecule has 7 nitrogen and oxygen atoms in total. The Morgan fingerprint density at radius 3 is 2.55 bits per heavy atom. The van der Waals surface area contributed by atoms with E-state index >= 15 is 0 Å². The number of nitrogens with one attached hydrogen (secondary N) is 3. The molecule has 106 valence electrons. The third-order valence-electron chi connectivity index (χ3n) is 2.50. The molecule has 0 fully saturated rings. The van der Waals surface area contributed by atoms with Gasteiger partial charge in [0.05, 0.1) is 5.69 Å². The molecule has 1 aromatic carbocycles. The summed E-state index contributed by atoms with van der Waals surface area (Å²) in [5.74, 6) is -0.583. The van der Waals surface area contributed by atoms with Crippen LogP contribution >= 0.6 is 0 Å². The molecular formula is C11H10FN3O4S. The molecule has 0 unspecified atom stereocenters. The van der Waals surface area contributed by atoms with Gasteiger partial charge in [0.15, 0.2) is 4.90 Å². The zero-order chi connectivity index (χ0) is 14.9. The highest BCUT2D eigenvalue weighted by molar-refractivity contribution is 7.92. The minimum Gasteiger partial charge on any atom is -0.313 e. The molecule has 2 aromatic rings. The first-order valence-electron chi connectivity index (χ1n) is 5.40. The van der Waals surface area contributed by atoms with E-state index in [9.17, 15) is 22.4 Å². The number of H-pyrrole nitrogens is 2. The Bertz CT molecular complexity index is 870. The molecule has 1 aromatic heterocycles. The standard InChI is InChI=1S/C11H10FN3O4S/c1-6-2-3-7(4-8(6)12)15-20(18,19)9-5-13-11(17)14-10(9)16/h2-5,15H,1H3,(H2,13,14,16,17). The molecule has 1 heterocycles. The lowest BCUT2D eigenvalue weighted by atomic mass is 10.2. The van der Waals surface area contributed by atoms with Gasteiger partial charge in [-0.2, -0.15) is 0 Å². The smallest absolute Gasteiger partial charge is 0.313 e. The SMILES string of the molecule is Cc1ccc(NS(=O)(=O)c2c[nH]c(=O)[nH]c2=O)cc1F. The van der Waals surface area contributed by atoms with Gasteiger partial charge < -0.3 is 4.98 Å². The topological polar surface area (TPSA) is 112 Å². The molecule has 0 spiro atoms. The fourth-order valence-corrected chi connectivity index (χ4v) is 2.52. The molecule has 2 rings (SSSR count). The predicted octanol–water partition coefficient (Wildman–Crippen LogP) is 0.312. The number of rotatable bonds is 3. The molecular weight excluding hydrogens is 289 g/mol. The first kappa shape index (κ1) is 14.0. The van der Waals surface area contributed by atoms with Crippen LogP contribution < -0.4 is 16.0 Å². The van der Waals surface area contributed by atoms with E-state index in [1.165, 1.54) is 19.1 Å². The lowest BCUT2D eigenvalue weighted by Gasteiger charge is -2.07. The summed E-state index contributed by atoms with van der Waals surface area (Å²) in [6, 6.07) is 3.74. The van der Waals surface area contributed by atoms with Crippen LogP contribution in [0.2, 0.25) is 0 Å². The average molecular weight is 299 g/mol. The van der Waals surface area contributed by atoms with Crippen molar-refractivity contribution < 1.29 is 12.8 Å². The second-order valence-electron chi connectivity index (χ2n) is 4.01. The summed E-state index contributed by atoms with van der Waals surface area (Å²) in [6.45, 7) is 1.53. The minimum absolute atomic E-state index is 0.0290. The Labute approximate surface area is 112 Å². The van der Waals surface area contributed by atoms with Crippen LogP contribution in [0, 0.1) is 12.7 Å². The van der Waals surface area contributed by atoms with Gasteiger partial charge in [-0.15, -0.1) is 0 Å². The molecule has 0 aliphatic heterocycles. The Morgan fingerprint density at radius 2 is 1.95 bits per heavy atom. The fourth-order valence-electron chi connectivity index (χ4n) is 1.46. The molecule has 0 aliphatic rings. The summed E-state index contributed by atoms with van der Waals surface area (Å²) >= 11 is 0. The second-order valence-corrected chi connectivity index (χ2v) is 5.66. The van der Waals surface area contributed by atoms with Gasteiger partial charge in [0, 0.05) is 6.20 Å². The number of aromatic amines is 2. The van der Waals surface area contributed by atoms with Crippen LogP contribution in [0.25, 0.3) is 0 Å². The van der Waals surface area contributed by atoms with Gasteiger partial charge in [-0.3, -0.25) is 14.5 Å². The van der Waals surface area contributed by atoms with Crippen LogP contribution in [-0.4, -0.2) is 18.4 Å². The van der Waals surface area contributed by atoms with Gasteiger partial charge in [-0.1, -0.05) is 6.07 Å². The van der Waals surface area contributed by atoms with E-state index in [1.807, 2.05) is 4.98 Å². The number of anilines is 1. The predicted molar refractivity (Wildman–Crippen MR) is 69.6 cm³/mol. The van der Waals surface area contributed by atoms with Crippen LogP contribution in [0.5, 0.6) is 0 Å². The van der Waals surface area contributed by atoms with Crippen molar-refractivity contribution in [1.29, 1.82) is 0 Å². The summed E-state index contributed by atoms with van der Waals surface area (Å²) in [5.41, 5.74) is -1.56. The maximum Gasteiger partial charge on any atom is 0.325 e. The molecule has 0 saturated heterocycles. The zero-order valence-electron chi connectivity index (χ0n) is 10.2. The molecule has 0 aliphatic carbocycles. The lowest BCUT2D eigenvalue weighted by molar-refractivity contribution is 0.598. The summed E-state index contributed by atoms with van der Waals surface area (Å²) < 4.78 is 39.3. The summed E-state index contributed by atoms with van der Waals surface area (Å²) in [6.07, 6.45) is 0.772. The first-order valence-corrected chi connectivity index (χ1v) is 6.89. The lowest BCUT2D eigenvalue weighted by Crippen LogP contribution is -2.29. The Morgan fingerprint density at radius 1 is 1.25 bits per heavy atom. The van der Waals surface area contributed by atoms with Crippen molar-refractivity contribution in [2.45, 2.75) is 11.8 Å². The van der Waals surface area contributed by atoms with Crippen molar-refractivity contribution >= 4 is 15.7 Å². The van der Waals surface area contributed by atoms with Crippen LogP contribution in [0.15, 0.2) is 38.9 Å². The maximum absolute atomic E-state index is 13.3. The quantitative estimate of drug-likeness (QED) is 0.757. The van der Waals surface area contributed by atoms with Crippen molar-refractivity contribution in [3.8, 4) is 0 Å². The average Bonchev–Trinajstić information content (AvgIpc) is 2.33. The minimum atomic E-state index is -4.22. The van der Waals surface area contributed by atoms with Crippen molar-refractivity contribution in [2.75, 3.05) is 4.72 Å². The number of halogens is 1. The van der Waals surface area contributed by atoms with Crippen molar-refractivity contribution in [1.82, 2.24) is 9.97 Å². The Kier molecular flexibility index (Phi) is 3.45. The molecule has 0 atom stereocenters. The summed E-state index contributed by atoms with van der Waals surface area (Å²) in [4.78, 5) is 25.4. The highest BCUT2D eigenvalue weighted by atomic mass is 32.2. The van der Waals surface area contributed by atoms with Crippen molar-refractivity contribution in [2.24, 2.45) is 0 Å². The molecule has 3 N–H and O–H groups in total. The van der Waals surface area contributed by atoms with Crippen LogP contribution in [0.3, 0.4) is 0 Å². The molecule has 0 radical (unpaired) electrons.